The molecule has 1 aliphatic rings. The molecule has 0 radical (unpaired) electrons. The van der Waals surface area contributed by atoms with Gasteiger partial charge < -0.3 is 10.4 Å². The summed E-state index contributed by atoms with van der Waals surface area (Å²) in [5, 5.41) is 12.8. The lowest BCUT2D eigenvalue weighted by Crippen LogP contribution is -2.25. The fourth-order valence-corrected chi connectivity index (χ4v) is 2.34. The van der Waals surface area contributed by atoms with Gasteiger partial charge in [0.15, 0.2) is 0 Å². The normalized spacial score (nSPS) is 16.4. The fourth-order valence-electron chi connectivity index (χ4n) is 2.15. The van der Waals surface area contributed by atoms with E-state index in [1.54, 1.807) is 0 Å². The molecule has 0 aromatic carbocycles. The summed E-state index contributed by atoms with van der Waals surface area (Å²) in [4.78, 5) is 8.54. The van der Waals surface area contributed by atoms with Crippen LogP contribution in [0.25, 0.3) is 0 Å². The van der Waals surface area contributed by atoms with E-state index in [0.29, 0.717) is 5.28 Å². The molecular formula is C12H18ClN3O. The molecule has 4 nitrogen and oxygen atoms in total. The Bertz CT molecular complexity index is 394. The van der Waals surface area contributed by atoms with Crippen LogP contribution in [0.4, 0.5) is 5.82 Å². The SMILES string of the molecule is CCC(CO)Nc1nc(Cl)nc2c1CCCC2. The zero-order valence-corrected chi connectivity index (χ0v) is 10.8. The molecule has 0 amide bonds. The van der Waals surface area contributed by atoms with E-state index in [2.05, 4.69) is 15.3 Å². The molecule has 0 saturated heterocycles. The smallest absolute Gasteiger partial charge is 0.224 e. The van der Waals surface area contributed by atoms with Crippen molar-refractivity contribution in [3.8, 4) is 0 Å². The first-order valence-electron chi connectivity index (χ1n) is 6.17. The second kappa shape index (κ2) is 5.65. The van der Waals surface area contributed by atoms with Crippen molar-refractivity contribution in [1.82, 2.24) is 9.97 Å². The van der Waals surface area contributed by atoms with Crippen LogP contribution in [0.1, 0.15) is 37.4 Å². The third-order valence-corrected chi connectivity index (χ3v) is 3.38. The lowest BCUT2D eigenvalue weighted by molar-refractivity contribution is 0.271. The van der Waals surface area contributed by atoms with E-state index < -0.39 is 0 Å². The monoisotopic (exact) mass is 255 g/mol. The second-order valence-corrected chi connectivity index (χ2v) is 4.74. The van der Waals surface area contributed by atoms with Crippen molar-refractivity contribution in [2.75, 3.05) is 11.9 Å². The van der Waals surface area contributed by atoms with E-state index in [1.165, 1.54) is 12.0 Å². The first-order valence-corrected chi connectivity index (χ1v) is 6.55. The third-order valence-electron chi connectivity index (χ3n) is 3.21. The highest BCUT2D eigenvalue weighted by molar-refractivity contribution is 6.28. The van der Waals surface area contributed by atoms with Gasteiger partial charge in [-0.05, 0) is 43.7 Å². The third kappa shape index (κ3) is 2.87. The number of aliphatic hydroxyl groups is 1. The number of aliphatic hydroxyl groups excluding tert-OH is 1. The maximum Gasteiger partial charge on any atom is 0.224 e. The van der Waals surface area contributed by atoms with Gasteiger partial charge in [-0.2, -0.15) is 0 Å². The van der Waals surface area contributed by atoms with Gasteiger partial charge in [0.05, 0.1) is 18.3 Å². The van der Waals surface area contributed by atoms with Crippen LogP contribution in [0.15, 0.2) is 0 Å². The van der Waals surface area contributed by atoms with Crippen molar-refractivity contribution in [3.05, 3.63) is 16.5 Å². The van der Waals surface area contributed by atoms with E-state index in [0.717, 1.165) is 37.2 Å². The van der Waals surface area contributed by atoms with Gasteiger partial charge in [0.2, 0.25) is 5.28 Å². The van der Waals surface area contributed by atoms with Crippen LogP contribution in [0.3, 0.4) is 0 Å². The Kier molecular flexibility index (Phi) is 4.18. The molecule has 5 heteroatoms. The van der Waals surface area contributed by atoms with Crippen molar-refractivity contribution in [1.29, 1.82) is 0 Å². The van der Waals surface area contributed by atoms with Crippen molar-refractivity contribution in [2.45, 2.75) is 45.1 Å². The van der Waals surface area contributed by atoms with Gasteiger partial charge in [0.1, 0.15) is 5.82 Å². The minimum Gasteiger partial charge on any atom is -0.394 e. The maximum atomic E-state index is 9.22. The Balaban J connectivity index is 2.28. The quantitative estimate of drug-likeness (QED) is 0.810. The van der Waals surface area contributed by atoms with Gasteiger partial charge in [-0.15, -0.1) is 0 Å². The van der Waals surface area contributed by atoms with Crippen LogP contribution in [0, 0.1) is 0 Å². The number of hydrogen-bond donors (Lipinski definition) is 2. The molecule has 1 atom stereocenters. The number of aromatic nitrogens is 2. The van der Waals surface area contributed by atoms with Crippen molar-refractivity contribution < 1.29 is 5.11 Å². The topological polar surface area (TPSA) is 58.0 Å². The van der Waals surface area contributed by atoms with Gasteiger partial charge in [-0.25, -0.2) is 9.97 Å². The molecule has 0 bridgehead atoms. The molecule has 1 aliphatic carbocycles. The zero-order valence-electron chi connectivity index (χ0n) is 10.0. The van der Waals surface area contributed by atoms with Crippen molar-refractivity contribution in [3.63, 3.8) is 0 Å². The molecule has 1 aromatic rings. The number of nitrogens with zero attached hydrogens (tertiary/aromatic N) is 2. The number of aryl methyl sites for hydroxylation is 1. The highest BCUT2D eigenvalue weighted by atomic mass is 35.5. The molecule has 0 fully saturated rings. The molecule has 0 saturated carbocycles. The number of nitrogens with one attached hydrogen (secondary N) is 1. The predicted octanol–water partition coefficient (Wildman–Crippen LogP) is 2.19. The molecule has 17 heavy (non-hydrogen) atoms. The van der Waals surface area contributed by atoms with E-state index in [-0.39, 0.29) is 12.6 Å². The average molecular weight is 256 g/mol. The van der Waals surface area contributed by atoms with Crippen molar-refractivity contribution in [2.24, 2.45) is 0 Å². The van der Waals surface area contributed by atoms with Crippen LogP contribution in [-0.2, 0) is 12.8 Å². The molecule has 1 aromatic heterocycles. The molecule has 1 unspecified atom stereocenters. The first kappa shape index (κ1) is 12.6. The molecule has 94 valence electrons. The van der Waals surface area contributed by atoms with Gasteiger partial charge in [0.25, 0.3) is 0 Å². The second-order valence-electron chi connectivity index (χ2n) is 4.41. The van der Waals surface area contributed by atoms with E-state index in [1.807, 2.05) is 6.92 Å². The summed E-state index contributed by atoms with van der Waals surface area (Å²) in [6.07, 6.45) is 5.16. The molecule has 1 heterocycles. The Morgan fingerprint density at radius 2 is 2.12 bits per heavy atom. The van der Waals surface area contributed by atoms with Gasteiger partial charge in [-0.1, -0.05) is 6.92 Å². The summed E-state index contributed by atoms with van der Waals surface area (Å²) in [5.74, 6) is 0.806. The van der Waals surface area contributed by atoms with Crippen LogP contribution >= 0.6 is 11.6 Å². The minimum atomic E-state index is 0.0343. The summed E-state index contributed by atoms with van der Waals surface area (Å²) in [6.45, 7) is 2.13. The Labute approximate surface area is 106 Å². The summed E-state index contributed by atoms with van der Waals surface area (Å²) >= 11 is 5.93. The summed E-state index contributed by atoms with van der Waals surface area (Å²) < 4.78 is 0. The van der Waals surface area contributed by atoms with E-state index >= 15 is 0 Å². The van der Waals surface area contributed by atoms with Gasteiger partial charge >= 0.3 is 0 Å². The van der Waals surface area contributed by atoms with Crippen LogP contribution in [-0.4, -0.2) is 27.7 Å². The molecule has 2 rings (SSSR count). The Morgan fingerprint density at radius 1 is 1.35 bits per heavy atom. The lowest BCUT2D eigenvalue weighted by Gasteiger charge is -2.21. The largest absolute Gasteiger partial charge is 0.394 e. The molecule has 0 aliphatic heterocycles. The van der Waals surface area contributed by atoms with Crippen molar-refractivity contribution >= 4 is 17.4 Å². The first-order chi connectivity index (χ1) is 8.24. The summed E-state index contributed by atoms with van der Waals surface area (Å²) in [7, 11) is 0. The van der Waals surface area contributed by atoms with Gasteiger partial charge in [-0.3, -0.25) is 0 Å². The zero-order chi connectivity index (χ0) is 12.3. The lowest BCUT2D eigenvalue weighted by atomic mass is 9.96. The van der Waals surface area contributed by atoms with Crippen LogP contribution < -0.4 is 5.32 Å². The average Bonchev–Trinajstić information content (AvgIpc) is 2.35. The summed E-state index contributed by atoms with van der Waals surface area (Å²) in [5.41, 5.74) is 2.24. The molecular weight excluding hydrogens is 238 g/mol. The molecule has 2 N–H and O–H groups in total. The maximum absolute atomic E-state index is 9.22. The number of halogens is 1. The number of anilines is 1. The van der Waals surface area contributed by atoms with Crippen LogP contribution in [0.2, 0.25) is 5.28 Å². The highest BCUT2D eigenvalue weighted by Gasteiger charge is 2.18. The Hall–Kier alpha value is -0.870. The number of fused-ring (bicyclic) bond motifs is 1. The fraction of sp³-hybridized carbons (Fsp3) is 0.667. The van der Waals surface area contributed by atoms with Crippen LogP contribution in [0.5, 0.6) is 0 Å². The van der Waals surface area contributed by atoms with Gasteiger partial charge in [0, 0.05) is 5.56 Å². The Morgan fingerprint density at radius 3 is 2.82 bits per heavy atom. The summed E-state index contributed by atoms with van der Waals surface area (Å²) in [6, 6.07) is 0.0343. The number of rotatable bonds is 4. The minimum absolute atomic E-state index is 0.0343. The number of hydrogen-bond acceptors (Lipinski definition) is 4. The molecule has 0 spiro atoms. The van der Waals surface area contributed by atoms with E-state index in [4.69, 9.17) is 11.6 Å². The van der Waals surface area contributed by atoms with E-state index in [9.17, 15) is 5.11 Å². The highest BCUT2D eigenvalue weighted by Crippen LogP contribution is 2.27. The predicted molar refractivity (Wildman–Crippen MR) is 68.5 cm³/mol. The standard InChI is InChI=1S/C12H18ClN3O/c1-2-8(7-17)14-11-9-5-3-4-6-10(9)15-12(13)16-11/h8,17H,2-7H2,1H3,(H,14,15,16).